The number of nitrogens with zero attached hydrogens (tertiary/aromatic N) is 2. The summed E-state index contributed by atoms with van der Waals surface area (Å²) >= 11 is 0. The highest BCUT2D eigenvalue weighted by Gasteiger charge is 2.34. The maximum absolute atomic E-state index is 13.5. The molecule has 0 saturated carbocycles. The number of rotatable bonds is 8. The SMILES string of the molecule is CCCCOc1ccc([C@H]2Nc3ccccc3C(=O)N2/N=C(/C)c2ccccc2O)cc1OC. The Morgan fingerprint density at radius 1 is 1.09 bits per heavy atom. The van der Waals surface area contributed by atoms with Crippen molar-refractivity contribution in [1.82, 2.24) is 5.01 Å². The summed E-state index contributed by atoms with van der Waals surface area (Å²) in [5, 5.41) is 19.8. The second kappa shape index (κ2) is 10.3. The lowest BCUT2D eigenvalue weighted by atomic mass is 10.0. The van der Waals surface area contributed by atoms with Gasteiger partial charge in [0, 0.05) is 16.8 Å². The maximum atomic E-state index is 13.5. The van der Waals surface area contributed by atoms with Crippen molar-refractivity contribution in [2.45, 2.75) is 32.9 Å². The molecular weight excluding hydrogens is 430 g/mol. The number of nitrogens with one attached hydrogen (secondary N) is 1. The molecule has 7 nitrogen and oxygen atoms in total. The Hall–Kier alpha value is -4.00. The molecule has 0 fully saturated rings. The predicted molar refractivity (Wildman–Crippen MR) is 133 cm³/mol. The molecule has 0 aliphatic carbocycles. The largest absolute Gasteiger partial charge is 0.507 e. The first-order chi connectivity index (χ1) is 16.5. The van der Waals surface area contributed by atoms with Gasteiger partial charge < -0.3 is 19.9 Å². The average molecular weight is 460 g/mol. The van der Waals surface area contributed by atoms with E-state index >= 15 is 0 Å². The fourth-order valence-corrected chi connectivity index (χ4v) is 3.87. The number of phenols is 1. The molecule has 3 aromatic carbocycles. The molecule has 3 aromatic rings. The van der Waals surface area contributed by atoms with Gasteiger partial charge in [0.25, 0.3) is 5.91 Å². The third kappa shape index (κ3) is 4.69. The fourth-order valence-electron chi connectivity index (χ4n) is 3.87. The van der Waals surface area contributed by atoms with Crippen LogP contribution in [-0.4, -0.2) is 35.5 Å². The van der Waals surface area contributed by atoms with Gasteiger partial charge in [0.15, 0.2) is 17.7 Å². The number of aromatic hydroxyl groups is 1. The van der Waals surface area contributed by atoms with Crippen LogP contribution in [0.5, 0.6) is 17.2 Å². The standard InChI is InChI=1S/C27H29N3O4/c1-4-5-16-34-24-15-14-19(17-25(24)33-3)26-28-22-12-8-6-11-21(22)27(32)30(26)29-18(2)20-10-7-9-13-23(20)31/h6-15,17,26,28,31H,4-5,16H2,1-3H3/b29-18-/t26-/m0/s1. The number of methoxy groups -OCH3 is 1. The van der Waals surface area contributed by atoms with Crippen molar-refractivity contribution >= 4 is 17.3 Å². The van der Waals surface area contributed by atoms with Gasteiger partial charge in [0.1, 0.15) is 5.75 Å². The van der Waals surface area contributed by atoms with E-state index in [0.29, 0.717) is 34.9 Å². The number of phenolic OH excluding ortho intramolecular Hbond substituents is 1. The Balaban J connectivity index is 1.75. The molecule has 1 heterocycles. The first kappa shape index (κ1) is 23.2. The predicted octanol–water partition coefficient (Wildman–Crippen LogP) is 5.57. The second-order valence-electron chi connectivity index (χ2n) is 8.06. The Kier molecular flexibility index (Phi) is 7.01. The van der Waals surface area contributed by atoms with Gasteiger partial charge >= 0.3 is 0 Å². The number of hydrazone groups is 1. The first-order valence-electron chi connectivity index (χ1n) is 11.4. The number of unbranched alkanes of at least 4 members (excludes halogenated alkanes) is 1. The Bertz CT molecular complexity index is 1210. The number of para-hydroxylation sites is 2. The lowest BCUT2D eigenvalue weighted by molar-refractivity contribution is 0.0689. The van der Waals surface area contributed by atoms with E-state index < -0.39 is 6.17 Å². The van der Waals surface area contributed by atoms with Crippen LogP contribution < -0.4 is 14.8 Å². The van der Waals surface area contributed by atoms with Gasteiger partial charge in [-0.25, -0.2) is 5.01 Å². The molecule has 7 heteroatoms. The van der Waals surface area contributed by atoms with Crippen LogP contribution in [0.25, 0.3) is 0 Å². The van der Waals surface area contributed by atoms with E-state index in [4.69, 9.17) is 9.47 Å². The zero-order valence-electron chi connectivity index (χ0n) is 19.6. The first-order valence-corrected chi connectivity index (χ1v) is 11.4. The Labute approximate surface area is 199 Å². The summed E-state index contributed by atoms with van der Waals surface area (Å²) < 4.78 is 11.4. The molecule has 0 radical (unpaired) electrons. The van der Waals surface area contributed by atoms with E-state index in [0.717, 1.165) is 24.1 Å². The minimum atomic E-state index is -0.582. The van der Waals surface area contributed by atoms with Crippen LogP contribution >= 0.6 is 0 Å². The normalized spacial score (nSPS) is 15.5. The molecule has 0 bridgehead atoms. The number of benzene rings is 3. The summed E-state index contributed by atoms with van der Waals surface area (Å²) in [5.41, 5.74) is 3.12. The molecule has 0 saturated heterocycles. The molecule has 0 aromatic heterocycles. The third-order valence-corrected chi connectivity index (χ3v) is 5.71. The number of hydrogen-bond donors (Lipinski definition) is 2. The summed E-state index contributed by atoms with van der Waals surface area (Å²) in [6.45, 7) is 4.49. The zero-order chi connectivity index (χ0) is 24.1. The van der Waals surface area contributed by atoms with Crippen LogP contribution in [0.4, 0.5) is 5.69 Å². The van der Waals surface area contributed by atoms with Gasteiger partial charge in [0.2, 0.25) is 0 Å². The highest BCUT2D eigenvalue weighted by atomic mass is 16.5. The number of hydrogen-bond acceptors (Lipinski definition) is 6. The topological polar surface area (TPSA) is 83.4 Å². The van der Waals surface area contributed by atoms with Crippen molar-refractivity contribution in [2.75, 3.05) is 19.0 Å². The van der Waals surface area contributed by atoms with Crippen molar-refractivity contribution in [3.8, 4) is 17.2 Å². The van der Waals surface area contributed by atoms with Crippen LogP contribution in [0.3, 0.4) is 0 Å². The van der Waals surface area contributed by atoms with Gasteiger partial charge in [0.05, 0.1) is 25.0 Å². The molecule has 0 spiro atoms. The second-order valence-corrected chi connectivity index (χ2v) is 8.06. The lowest BCUT2D eigenvalue weighted by Gasteiger charge is -2.35. The molecule has 34 heavy (non-hydrogen) atoms. The smallest absolute Gasteiger partial charge is 0.278 e. The lowest BCUT2D eigenvalue weighted by Crippen LogP contribution is -2.40. The van der Waals surface area contributed by atoms with Gasteiger partial charge in [-0.2, -0.15) is 5.10 Å². The van der Waals surface area contributed by atoms with E-state index in [-0.39, 0.29) is 11.7 Å². The highest BCUT2D eigenvalue weighted by Crippen LogP contribution is 2.37. The quantitative estimate of drug-likeness (QED) is 0.340. The number of anilines is 1. The fraction of sp³-hybridized carbons (Fsp3) is 0.259. The van der Waals surface area contributed by atoms with E-state index in [2.05, 4.69) is 17.3 Å². The number of fused-ring (bicyclic) bond motifs is 1. The van der Waals surface area contributed by atoms with E-state index in [1.54, 1.807) is 38.3 Å². The molecular formula is C27H29N3O4. The molecule has 1 aliphatic rings. The molecule has 1 aliphatic heterocycles. The molecule has 1 amide bonds. The molecule has 176 valence electrons. The molecule has 4 rings (SSSR count). The van der Waals surface area contributed by atoms with Crippen LogP contribution in [0.1, 0.15) is 54.3 Å². The average Bonchev–Trinajstić information content (AvgIpc) is 2.86. The van der Waals surface area contributed by atoms with Crippen LogP contribution in [0.2, 0.25) is 0 Å². The number of amides is 1. The molecule has 0 unspecified atom stereocenters. The van der Waals surface area contributed by atoms with Gasteiger partial charge in [-0.05, 0) is 49.7 Å². The van der Waals surface area contributed by atoms with E-state index in [1.807, 2.05) is 42.5 Å². The van der Waals surface area contributed by atoms with Crippen molar-refractivity contribution in [1.29, 1.82) is 0 Å². The van der Waals surface area contributed by atoms with E-state index in [1.165, 1.54) is 5.01 Å². The summed E-state index contributed by atoms with van der Waals surface area (Å²) in [7, 11) is 1.60. The van der Waals surface area contributed by atoms with Gasteiger partial charge in [-0.15, -0.1) is 0 Å². The van der Waals surface area contributed by atoms with Gasteiger partial charge in [-0.3, -0.25) is 4.79 Å². The van der Waals surface area contributed by atoms with Gasteiger partial charge in [-0.1, -0.05) is 43.7 Å². The number of carbonyl (C=O) groups is 1. The maximum Gasteiger partial charge on any atom is 0.278 e. The number of carbonyl (C=O) groups excluding carboxylic acids is 1. The van der Waals surface area contributed by atoms with Crippen molar-refractivity contribution in [2.24, 2.45) is 5.10 Å². The summed E-state index contributed by atoms with van der Waals surface area (Å²) in [6.07, 6.45) is 1.41. The molecule has 1 atom stereocenters. The summed E-state index contributed by atoms with van der Waals surface area (Å²) in [4.78, 5) is 13.5. The monoisotopic (exact) mass is 459 g/mol. The van der Waals surface area contributed by atoms with Crippen LogP contribution in [-0.2, 0) is 0 Å². The minimum Gasteiger partial charge on any atom is -0.507 e. The minimum absolute atomic E-state index is 0.105. The Morgan fingerprint density at radius 3 is 2.62 bits per heavy atom. The van der Waals surface area contributed by atoms with Crippen LogP contribution in [0, 0.1) is 0 Å². The summed E-state index contributed by atoms with van der Waals surface area (Å²) in [5.74, 6) is 1.11. The van der Waals surface area contributed by atoms with E-state index in [9.17, 15) is 9.90 Å². The van der Waals surface area contributed by atoms with Crippen molar-refractivity contribution in [3.05, 3.63) is 83.4 Å². The number of ether oxygens (including phenoxy) is 2. The zero-order valence-corrected chi connectivity index (χ0v) is 19.6. The van der Waals surface area contributed by atoms with Crippen LogP contribution in [0.15, 0.2) is 71.8 Å². The third-order valence-electron chi connectivity index (χ3n) is 5.71. The molecule has 2 N–H and O–H groups in total. The Morgan fingerprint density at radius 2 is 1.85 bits per heavy atom. The van der Waals surface area contributed by atoms with Crippen molar-refractivity contribution < 1.29 is 19.4 Å². The highest BCUT2D eigenvalue weighted by molar-refractivity contribution is 6.05. The summed E-state index contributed by atoms with van der Waals surface area (Å²) in [6, 6.07) is 19.9. The van der Waals surface area contributed by atoms with Crippen molar-refractivity contribution in [3.63, 3.8) is 0 Å².